The van der Waals surface area contributed by atoms with Crippen LogP contribution in [0.1, 0.15) is 18.9 Å². The maximum absolute atomic E-state index is 11.5. The number of rotatable bonds is 3. The fraction of sp³-hybridized carbons (Fsp3) is 0.308. The van der Waals surface area contributed by atoms with Crippen LogP contribution in [0.4, 0.5) is 4.79 Å². The molecule has 90 valence electrons. The third kappa shape index (κ3) is 3.24. The molecule has 4 nitrogen and oxygen atoms in total. The zero-order valence-corrected chi connectivity index (χ0v) is 9.68. The lowest BCUT2D eigenvalue weighted by Gasteiger charge is -2.24. The van der Waals surface area contributed by atoms with Crippen LogP contribution in [0.2, 0.25) is 0 Å². The van der Waals surface area contributed by atoms with E-state index in [1.54, 1.807) is 13.2 Å². The highest BCUT2D eigenvalue weighted by Crippen LogP contribution is 2.19. The first-order valence-electron chi connectivity index (χ1n) is 5.50. The predicted octanol–water partition coefficient (Wildman–Crippen LogP) is 2.56. The van der Waals surface area contributed by atoms with Gasteiger partial charge in [-0.1, -0.05) is 30.3 Å². The highest BCUT2D eigenvalue weighted by Gasteiger charge is 2.29. The Morgan fingerprint density at radius 1 is 1.47 bits per heavy atom. The molecule has 1 aromatic carbocycles. The number of hydrogen-bond acceptors (Lipinski definition) is 3. The highest BCUT2D eigenvalue weighted by atomic mass is 16.6. The van der Waals surface area contributed by atoms with Crippen LogP contribution in [-0.4, -0.2) is 11.8 Å². The van der Waals surface area contributed by atoms with Crippen molar-refractivity contribution in [3.63, 3.8) is 0 Å². The highest BCUT2D eigenvalue weighted by molar-refractivity contribution is 5.68. The Morgan fingerprint density at radius 2 is 2.24 bits per heavy atom. The van der Waals surface area contributed by atoms with Gasteiger partial charge in [0.15, 0.2) is 5.72 Å². The lowest BCUT2D eigenvalue weighted by molar-refractivity contribution is 0.0230. The average molecular weight is 233 g/mol. The van der Waals surface area contributed by atoms with E-state index in [2.05, 4.69) is 5.32 Å². The fourth-order valence-electron chi connectivity index (χ4n) is 1.57. The Bertz CT molecular complexity index is 406. The molecular weight excluding hydrogens is 218 g/mol. The summed E-state index contributed by atoms with van der Waals surface area (Å²) in [4.78, 5) is 11.5. The zero-order valence-electron chi connectivity index (χ0n) is 9.68. The number of alkyl carbamates (subject to hydrolysis) is 1. The number of carbonyl (C=O) groups is 1. The molecule has 1 aromatic rings. The van der Waals surface area contributed by atoms with Crippen molar-refractivity contribution in [2.45, 2.75) is 25.7 Å². The van der Waals surface area contributed by atoms with Crippen molar-refractivity contribution in [2.24, 2.45) is 0 Å². The van der Waals surface area contributed by atoms with E-state index < -0.39 is 11.8 Å². The minimum absolute atomic E-state index is 0.260. The summed E-state index contributed by atoms with van der Waals surface area (Å²) in [6.45, 7) is 2.06. The van der Waals surface area contributed by atoms with Crippen molar-refractivity contribution in [1.82, 2.24) is 5.32 Å². The summed E-state index contributed by atoms with van der Waals surface area (Å²) in [6, 6.07) is 9.54. The van der Waals surface area contributed by atoms with E-state index in [1.807, 2.05) is 36.4 Å². The molecule has 0 bridgehead atoms. The van der Waals surface area contributed by atoms with Crippen LogP contribution in [0.5, 0.6) is 0 Å². The number of nitrogens with one attached hydrogen (secondary N) is 1. The van der Waals surface area contributed by atoms with Gasteiger partial charge in [0.1, 0.15) is 6.61 Å². The van der Waals surface area contributed by atoms with E-state index >= 15 is 0 Å². The van der Waals surface area contributed by atoms with E-state index in [0.717, 1.165) is 5.56 Å². The van der Waals surface area contributed by atoms with Gasteiger partial charge >= 0.3 is 6.09 Å². The van der Waals surface area contributed by atoms with Gasteiger partial charge in [0.25, 0.3) is 0 Å². The van der Waals surface area contributed by atoms with Crippen LogP contribution in [0.25, 0.3) is 0 Å². The molecule has 0 saturated heterocycles. The second kappa shape index (κ2) is 4.91. The Hall–Kier alpha value is -1.97. The summed E-state index contributed by atoms with van der Waals surface area (Å²) < 4.78 is 10.4. The summed E-state index contributed by atoms with van der Waals surface area (Å²) in [5.74, 6) is 0. The van der Waals surface area contributed by atoms with Gasteiger partial charge in [-0.3, -0.25) is 5.32 Å². The first kappa shape index (κ1) is 11.5. The van der Waals surface area contributed by atoms with E-state index in [1.165, 1.54) is 0 Å². The predicted molar refractivity (Wildman–Crippen MR) is 63.0 cm³/mol. The number of hydrogen-bond donors (Lipinski definition) is 1. The number of amides is 1. The van der Waals surface area contributed by atoms with Gasteiger partial charge in [-0.05, 0) is 18.6 Å². The van der Waals surface area contributed by atoms with E-state index in [0.29, 0.717) is 6.42 Å². The number of ether oxygens (including phenoxy) is 2. The monoisotopic (exact) mass is 233 g/mol. The van der Waals surface area contributed by atoms with Crippen LogP contribution in [0.15, 0.2) is 42.7 Å². The van der Waals surface area contributed by atoms with Crippen molar-refractivity contribution in [3.8, 4) is 0 Å². The lowest BCUT2D eigenvalue weighted by Crippen LogP contribution is -2.45. The smallest absolute Gasteiger partial charge is 0.410 e. The van der Waals surface area contributed by atoms with Gasteiger partial charge in [0.05, 0.1) is 6.26 Å². The minimum atomic E-state index is -0.673. The molecule has 1 aliphatic heterocycles. The topological polar surface area (TPSA) is 47.6 Å². The van der Waals surface area contributed by atoms with Gasteiger partial charge in [-0.25, -0.2) is 4.79 Å². The van der Waals surface area contributed by atoms with Gasteiger partial charge < -0.3 is 9.47 Å². The van der Waals surface area contributed by atoms with Crippen LogP contribution in [-0.2, 0) is 16.1 Å². The molecule has 17 heavy (non-hydrogen) atoms. The molecule has 1 amide bonds. The van der Waals surface area contributed by atoms with Crippen LogP contribution < -0.4 is 5.32 Å². The number of benzene rings is 1. The van der Waals surface area contributed by atoms with Crippen LogP contribution in [0.3, 0.4) is 0 Å². The molecule has 1 atom stereocenters. The molecule has 0 saturated carbocycles. The number of carbonyl (C=O) groups excluding carboxylic acids is 1. The third-order valence-corrected chi connectivity index (χ3v) is 2.51. The van der Waals surface area contributed by atoms with Crippen molar-refractivity contribution in [2.75, 3.05) is 0 Å². The van der Waals surface area contributed by atoms with Crippen LogP contribution in [0, 0.1) is 0 Å². The summed E-state index contributed by atoms with van der Waals surface area (Å²) in [7, 11) is 0. The van der Waals surface area contributed by atoms with Crippen molar-refractivity contribution < 1.29 is 14.3 Å². The van der Waals surface area contributed by atoms with Gasteiger partial charge in [0.2, 0.25) is 0 Å². The molecule has 0 spiro atoms. The molecule has 2 rings (SSSR count). The average Bonchev–Trinajstić information content (AvgIpc) is 2.74. The van der Waals surface area contributed by atoms with E-state index in [4.69, 9.17) is 9.47 Å². The SMILES string of the molecule is CC1(NC(=O)OCc2ccccc2)CC=CO1. The zero-order chi connectivity index (χ0) is 12.1. The maximum Gasteiger partial charge on any atom is 0.410 e. The summed E-state index contributed by atoms with van der Waals surface area (Å²) in [6.07, 6.45) is 3.61. The van der Waals surface area contributed by atoms with Crippen molar-refractivity contribution in [1.29, 1.82) is 0 Å². The Balaban J connectivity index is 1.78. The van der Waals surface area contributed by atoms with Crippen molar-refractivity contribution in [3.05, 3.63) is 48.2 Å². The molecule has 1 unspecified atom stereocenters. The van der Waals surface area contributed by atoms with E-state index in [-0.39, 0.29) is 6.61 Å². The molecule has 0 aromatic heterocycles. The molecular formula is C13H15NO3. The normalized spacial score (nSPS) is 21.9. The summed E-state index contributed by atoms with van der Waals surface area (Å²) in [5, 5.41) is 2.68. The molecule has 0 aliphatic carbocycles. The van der Waals surface area contributed by atoms with Crippen LogP contribution >= 0.6 is 0 Å². The molecule has 1 N–H and O–H groups in total. The first-order valence-corrected chi connectivity index (χ1v) is 5.50. The van der Waals surface area contributed by atoms with Gasteiger partial charge in [-0.2, -0.15) is 0 Å². The molecule has 1 aliphatic rings. The molecule has 0 radical (unpaired) electrons. The quantitative estimate of drug-likeness (QED) is 0.872. The van der Waals surface area contributed by atoms with Crippen molar-refractivity contribution >= 4 is 6.09 Å². The summed E-state index contributed by atoms with van der Waals surface area (Å²) in [5.41, 5.74) is 0.284. The summed E-state index contributed by atoms with van der Waals surface area (Å²) >= 11 is 0. The van der Waals surface area contributed by atoms with Gasteiger partial charge in [0, 0.05) is 6.42 Å². The first-order chi connectivity index (χ1) is 8.18. The largest absolute Gasteiger partial charge is 0.476 e. The molecule has 1 heterocycles. The Labute approximate surface area is 100 Å². The molecule has 4 heteroatoms. The van der Waals surface area contributed by atoms with Gasteiger partial charge in [-0.15, -0.1) is 0 Å². The second-order valence-electron chi connectivity index (χ2n) is 4.11. The van der Waals surface area contributed by atoms with E-state index in [9.17, 15) is 4.79 Å². The Morgan fingerprint density at radius 3 is 2.88 bits per heavy atom. The lowest BCUT2D eigenvalue weighted by atomic mass is 10.2. The molecule has 0 fully saturated rings. The maximum atomic E-state index is 11.5. The second-order valence-corrected chi connectivity index (χ2v) is 4.11. The third-order valence-electron chi connectivity index (χ3n) is 2.51. The fourth-order valence-corrected chi connectivity index (χ4v) is 1.57. The standard InChI is InChI=1S/C13H15NO3/c1-13(8-5-9-17-13)14-12(15)16-10-11-6-3-2-4-7-11/h2-7,9H,8,10H2,1H3,(H,14,15). The Kier molecular flexibility index (Phi) is 3.32. The minimum Gasteiger partial charge on any atom is -0.476 e.